The number of fused-ring (bicyclic) bond motifs is 1. The van der Waals surface area contributed by atoms with Crippen molar-refractivity contribution in [1.29, 1.82) is 0 Å². The number of para-hydroxylation sites is 1. The van der Waals surface area contributed by atoms with E-state index in [0.717, 1.165) is 18.8 Å². The Labute approximate surface area is 126 Å². The third kappa shape index (κ3) is 2.56. The first-order valence-corrected chi connectivity index (χ1v) is 7.63. The Morgan fingerprint density at radius 2 is 1.76 bits per heavy atom. The molecule has 0 aromatic heterocycles. The molecule has 110 valence electrons. The highest BCUT2D eigenvalue weighted by Crippen LogP contribution is 2.41. The summed E-state index contributed by atoms with van der Waals surface area (Å²) < 4.78 is 5.76. The van der Waals surface area contributed by atoms with Gasteiger partial charge in [-0.3, -0.25) is 0 Å². The molecule has 3 rings (SSSR count). The minimum absolute atomic E-state index is 0.0225. The van der Waals surface area contributed by atoms with Gasteiger partial charge in [0.2, 0.25) is 0 Å². The van der Waals surface area contributed by atoms with Gasteiger partial charge in [0.05, 0.1) is 6.61 Å². The van der Waals surface area contributed by atoms with Crippen molar-refractivity contribution in [3.63, 3.8) is 0 Å². The van der Waals surface area contributed by atoms with E-state index < -0.39 is 0 Å². The Morgan fingerprint density at radius 3 is 2.57 bits per heavy atom. The molecule has 2 heteroatoms. The number of ether oxygens (including phenoxy) is 1. The van der Waals surface area contributed by atoms with Gasteiger partial charge in [0.1, 0.15) is 5.75 Å². The first kappa shape index (κ1) is 14.2. The van der Waals surface area contributed by atoms with E-state index in [-0.39, 0.29) is 6.04 Å². The van der Waals surface area contributed by atoms with Crippen LogP contribution in [-0.2, 0) is 0 Å². The number of rotatable bonds is 2. The lowest BCUT2D eigenvalue weighted by atomic mass is 9.81. The summed E-state index contributed by atoms with van der Waals surface area (Å²) in [6.45, 7) is 7.22. The van der Waals surface area contributed by atoms with Crippen LogP contribution >= 0.6 is 0 Å². The Hall–Kier alpha value is -1.80. The Morgan fingerprint density at radius 1 is 1.05 bits per heavy atom. The lowest BCUT2D eigenvalue weighted by molar-refractivity contribution is 0.255. The minimum atomic E-state index is 0.0225. The third-order valence-corrected chi connectivity index (χ3v) is 4.68. The molecule has 0 aliphatic carbocycles. The van der Waals surface area contributed by atoms with Crippen molar-refractivity contribution in [1.82, 2.24) is 0 Å². The molecular formula is C19H23NO. The summed E-state index contributed by atoms with van der Waals surface area (Å²) in [4.78, 5) is 0. The molecule has 0 fully saturated rings. The molecule has 0 amide bonds. The monoisotopic (exact) mass is 281 g/mol. The minimum Gasteiger partial charge on any atom is -0.493 e. The molecule has 0 spiro atoms. The second-order valence-electron chi connectivity index (χ2n) is 6.10. The molecule has 2 atom stereocenters. The molecule has 2 N–H and O–H groups in total. The molecule has 2 unspecified atom stereocenters. The summed E-state index contributed by atoms with van der Waals surface area (Å²) in [6, 6.07) is 12.8. The highest BCUT2D eigenvalue weighted by Gasteiger charge is 2.28. The van der Waals surface area contributed by atoms with Gasteiger partial charge in [-0.2, -0.15) is 0 Å². The predicted molar refractivity (Wildman–Crippen MR) is 86.9 cm³/mol. The summed E-state index contributed by atoms with van der Waals surface area (Å²) in [5.41, 5.74) is 13.1. The molecule has 2 aromatic carbocycles. The van der Waals surface area contributed by atoms with E-state index in [9.17, 15) is 0 Å². The molecule has 0 bridgehead atoms. The van der Waals surface area contributed by atoms with Crippen molar-refractivity contribution in [3.8, 4) is 5.75 Å². The summed E-state index contributed by atoms with van der Waals surface area (Å²) in [5.74, 6) is 1.32. The predicted octanol–water partition coefficient (Wildman–Crippen LogP) is 4.18. The van der Waals surface area contributed by atoms with Crippen molar-refractivity contribution in [2.75, 3.05) is 6.61 Å². The molecule has 2 aromatic rings. The normalized spacial score (nSPS) is 18.8. The maximum atomic E-state index is 6.65. The van der Waals surface area contributed by atoms with E-state index >= 15 is 0 Å². The average Bonchev–Trinajstić information content (AvgIpc) is 2.49. The van der Waals surface area contributed by atoms with Crippen LogP contribution in [0.5, 0.6) is 5.75 Å². The Kier molecular flexibility index (Phi) is 3.73. The second kappa shape index (κ2) is 5.53. The van der Waals surface area contributed by atoms with E-state index in [1.807, 2.05) is 12.1 Å². The van der Waals surface area contributed by atoms with Gasteiger partial charge in [-0.1, -0.05) is 30.3 Å². The molecule has 1 aliphatic heterocycles. The molecule has 1 heterocycles. The highest BCUT2D eigenvalue weighted by atomic mass is 16.5. The lowest BCUT2D eigenvalue weighted by Crippen LogP contribution is -2.26. The van der Waals surface area contributed by atoms with Gasteiger partial charge in [0, 0.05) is 12.0 Å². The van der Waals surface area contributed by atoms with Crippen LogP contribution in [-0.4, -0.2) is 6.61 Å². The zero-order chi connectivity index (χ0) is 15.0. The van der Waals surface area contributed by atoms with Crippen LogP contribution in [0.15, 0.2) is 36.4 Å². The summed E-state index contributed by atoms with van der Waals surface area (Å²) in [5, 5.41) is 0. The van der Waals surface area contributed by atoms with Gasteiger partial charge in [0.15, 0.2) is 0 Å². The first-order chi connectivity index (χ1) is 10.1. The van der Waals surface area contributed by atoms with E-state index in [1.165, 1.54) is 27.8 Å². The number of nitrogens with two attached hydrogens (primary N) is 1. The van der Waals surface area contributed by atoms with Gasteiger partial charge in [0.25, 0.3) is 0 Å². The van der Waals surface area contributed by atoms with Crippen molar-refractivity contribution in [2.45, 2.75) is 39.2 Å². The number of aryl methyl sites for hydroxylation is 3. The molecule has 0 saturated carbocycles. The van der Waals surface area contributed by atoms with Crippen molar-refractivity contribution in [3.05, 3.63) is 64.2 Å². The van der Waals surface area contributed by atoms with Gasteiger partial charge < -0.3 is 10.5 Å². The van der Waals surface area contributed by atoms with Gasteiger partial charge in [-0.25, -0.2) is 0 Å². The summed E-state index contributed by atoms with van der Waals surface area (Å²) in [7, 11) is 0. The van der Waals surface area contributed by atoms with E-state index in [1.54, 1.807) is 0 Å². The fourth-order valence-corrected chi connectivity index (χ4v) is 3.30. The quantitative estimate of drug-likeness (QED) is 0.896. The van der Waals surface area contributed by atoms with Gasteiger partial charge in [-0.05, 0) is 61.1 Å². The smallest absolute Gasteiger partial charge is 0.122 e. The largest absolute Gasteiger partial charge is 0.493 e. The van der Waals surface area contributed by atoms with Crippen LogP contribution in [0.2, 0.25) is 0 Å². The summed E-state index contributed by atoms with van der Waals surface area (Å²) in [6.07, 6.45) is 0.977. The number of hydrogen-bond donors (Lipinski definition) is 1. The zero-order valence-electron chi connectivity index (χ0n) is 13.0. The molecule has 21 heavy (non-hydrogen) atoms. The maximum absolute atomic E-state index is 6.65. The van der Waals surface area contributed by atoms with Gasteiger partial charge in [-0.15, -0.1) is 0 Å². The van der Waals surface area contributed by atoms with Crippen LogP contribution in [0, 0.1) is 20.8 Å². The molecule has 1 aliphatic rings. The first-order valence-electron chi connectivity index (χ1n) is 7.63. The topological polar surface area (TPSA) is 35.2 Å². The maximum Gasteiger partial charge on any atom is 0.122 e. The Bertz CT molecular complexity index is 663. The van der Waals surface area contributed by atoms with Crippen LogP contribution in [0.3, 0.4) is 0 Å². The van der Waals surface area contributed by atoms with Crippen LogP contribution < -0.4 is 10.5 Å². The number of benzene rings is 2. The number of hydrogen-bond acceptors (Lipinski definition) is 2. The highest BCUT2D eigenvalue weighted by molar-refractivity contribution is 5.43. The standard InChI is InChI=1S/C19H23NO/c1-12-10-14(3)17(11-13(12)2)19(20)16-8-9-21-18-7-5-4-6-15(16)18/h4-7,10-11,16,19H,8-9,20H2,1-3H3. The second-order valence-corrected chi connectivity index (χ2v) is 6.10. The van der Waals surface area contributed by atoms with E-state index in [2.05, 4.69) is 45.0 Å². The molecule has 0 radical (unpaired) electrons. The average molecular weight is 281 g/mol. The van der Waals surface area contributed by atoms with Crippen LogP contribution in [0.1, 0.15) is 46.2 Å². The van der Waals surface area contributed by atoms with Crippen molar-refractivity contribution in [2.24, 2.45) is 5.73 Å². The molecule has 0 saturated heterocycles. The van der Waals surface area contributed by atoms with Crippen molar-refractivity contribution < 1.29 is 4.74 Å². The fourth-order valence-electron chi connectivity index (χ4n) is 3.30. The van der Waals surface area contributed by atoms with E-state index in [0.29, 0.717) is 5.92 Å². The van der Waals surface area contributed by atoms with E-state index in [4.69, 9.17) is 10.5 Å². The van der Waals surface area contributed by atoms with Crippen LogP contribution in [0.4, 0.5) is 0 Å². The Balaban J connectivity index is 2.00. The molecule has 2 nitrogen and oxygen atoms in total. The van der Waals surface area contributed by atoms with Crippen molar-refractivity contribution >= 4 is 0 Å². The summed E-state index contributed by atoms with van der Waals surface area (Å²) >= 11 is 0. The van der Waals surface area contributed by atoms with Crippen LogP contribution in [0.25, 0.3) is 0 Å². The fraction of sp³-hybridized carbons (Fsp3) is 0.368. The van der Waals surface area contributed by atoms with Gasteiger partial charge >= 0.3 is 0 Å². The molecular weight excluding hydrogens is 258 g/mol. The SMILES string of the molecule is Cc1cc(C)c(C(N)C2CCOc3ccccc32)cc1C. The lowest BCUT2D eigenvalue weighted by Gasteiger charge is -2.31. The zero-order valence-corrected chi connectivity index (χ0v) is 13.0. The third-order valence-electron chi connectivity index (χ3n) is 4.68.